The molecule has 1 aromatic carbocycles. The summed E-state index contributed by atoms with van der Waals surface area (Å²) in [6.45, 7) is 0.208. The topological polar surface area (TPSA) is 59.6 Å². The van der Waals surface area contributed by atoms with Gasteiger partial charge in [0, 0.05) is 9.13 Å². The Morgan fingerprint density at radius 1 is 1.61 bits per heavy atom. The van der Waals surface area contributed by atoms with Crippen LogP contribution < -0.4 is 15.9 Å². The number of terminal acetylenes is 1. The van der Waals surface area contributed by atoms with Gasteiger partial charge in [0.25, 0.3) is 0 Å². The highest BCUT2D eigenvalue weighted by molar-refractivity contribution is 14.1. The average molecular weight is 485 g/mol. The molecule has 1 aromatic rings. The van der Waals surface area contributed by atoms with Gasteiger partial charge in [-0.1, -0.05) is 5.92 Å². The molecule has 0 aliphatic heterocycles. The predicted octanol–water partition coefficient (Wildman–Crippen LogP) is 2.07. The van der Waals surface area contributed by atoms with Gasteiger partial charge in [0.2, 0.25) is 0 Å². The first-order chi connectivity index (χ1) is 8.54. The van der Waals surface area contributed by atoms with Crippen molar-refractivity contribution in [2.45, 2.75) is 0 Å². The van der Waals surface area contributed by atoms with Crippen LogP contribution in [0.1, 0.15) is 5.56 Å². The zero-order chi connectivity index (χ0) is 13.5. The lowest BCUT2D eigenvalue weighted by Crippen LogP contribution is -2.24. The normalized spacial score (nSPS) is 10.1. The number of nitrogens with zero attached hydrogens (tertiary/aromatic N) is 1. The first kappa shape index (κ1) is 15.5. The minimum atomic E-state index is 0.109. The monoisotopic (exact) mass is 485 g/mol. The van der Waals surface area contributed by atoms with Crippen molar-refractivity contribution >= 4 is 68.7 Å². The fourth-order valence-corrected chi connectivity index (χ4v) is 3.21. The van der Waals surface area contributed by atoms with E-state index in [0.29, 0.717) is 5.75 Å². The van der Waals surface area contributed by atoms with Gasteiger partial charge in [-0.15, -0.1) is 6.42 Å². The van der Waals surface area contributed by atoms with Crippen LogP contribution in [-0.4, -0.2) is 17.9 Å². The largest absolute Gasteiger partial charge is 0.479 e. The Morgan fingerprint density at radius 2 is 2.33 bits per heavy atom. The van der Waals surface area contributed by atoms with Gasteiger partial charge in [0.15, 0.2) is 5.11 Å². The lowest BCUT2D eigenvalue weighted by atomic mass is 10.2. The van der Waals surface area contributed by atoms with Crippen LogP contribution in [0.2, 0.25) is 0 Å². The molecule has 0 radical (unpaired) electrons. The Balaban J connectivity index is 3.03. The highest BCUT2D eigenvalue weighted by atomic mass is 127. The first-order valence-corrected chi connectivity index (χ1v) is 7.25. The third kappa shape index (κ3) is 4.95. The van der Waals surface area contributed by atoms with Gasteiger partial charge in [0.05, 0.1) is 9.78 Å². The number of hydrogen-bond donors (Lipinski definition) is 2. The number of hydrazone groups is 1. The minimum Gasteiger partial charge on any atom is -0.479 e. The second kappa shape index (κ2) is 7.75. The number of thiocarbonyl (C=S) groups is 1. The summed E-state index contributed by atoms with van der Waals surface area (Å²) >= 11 is 9.06. The van der Waals surface area contributed by atoms with Crippen molar-refractivity contribution < 1.29 is 4.74 Å². The van der Waals surface area contributed by atoms with E-state index < -0.39 is 0 Å². The Morgan fingerprint density at radius 3 is 2.94 bits per heavy atom. The molecule has 0 heterocycles. The fraction of sp³-hybridized carbons (Fsp3) is 0.0909. The van der Waals surface area contributed by atoms with Crippen LogP contribution in [0.4, 0.5) is 0 Å². The van der Waals surface area contributed by atoms with Crippen molar-refractivity contribution in [2.24, 2.45) is 10.8 Å². The molecule has 0 bridgehead atoms. The van der Waals surface area contributed by atoms with E-state index in [1.54, 1.807) is 6.21 Å². The molecule has 0 fully saturated rings. The average Bonchev–Trinajstić information content (AvgIpc) is 2.27. The summed E-state index contributed by atoms with van der Waals surface area (Å²) in [6, 6.07) is 3.92. The van der Waals surface area contributed by atoms with E-state index in [1.807, 2.05) is 12.1 Å². The molecule has 3 N–H and O–H groups in total. The van der Waals surface area contributed by atoms with Crippen molar-refractivity contribution in [3.05, 3.63) is 24.8 Å². The Hall–Kier alpha value is -0.600. The molecule has 0 amide bonds. The Kier molecular flexibility index (Phi) is 6.66. The SMILES string of the molecule is C#CCOc1c(I)cc(I)cc1/C=N\NC(N)=S. The van der Waals surface area contributed by atoms with Crippen molar-refractivity contribution in [3.8, 4) is 18.1 Å². The van der Waals surface area contributed by atoms with Gasteiger partial charge in [-0.05, 0) is 69.5 Å². The van der Waals surface area contributed by atoms with Crippen LogP contribution in [0.5, 0.6) is 5.75 Å². The van der Waals surface area contributed by atoms with E-state index in [2.05, 4.69) is 73.8 Å². The van der Waals surface area contributed by atoms with Gasteiger partial charge >= 0.3 is 0 Å². The quantitative estimate of drug-likeness (QED) is 0.226. The molecular weight excluding hydrogens is 476 g/mol. The molecular formula is C11H9I2N3OS. The Bertz CT molecular complexity index is 526. The summed E-state index contributed by atoms with van der Waals surface area (Å²) in [4.78, 5) is 0. The van der Waals surface area contributed by atoms with Gasteiger partial charge < -0.3 is 10.5 Å². The van der Waals surface area contributed by atoms with Gasteiger partial charge in [-0.25, -0.2) is 0 Å². The molecule has 0 aromatic heterocycles. The summed E-state index contributed by atoms with van der Waals surface area (Å²) in [5.41, 5.74) is 8.59. The molecule has 0 saturated heterocycles. The van der Waals surface area contributed by atoms with E-state index in [0.717, 1.165) is 12.7 Å². The number of nitrogens with one attached hydrogen (secondary N) is 1. The van der Waals surface area contributed by atoms with Crippen LogP contribution >= 0.6 is 57.4 Å². The molecule has 7 heteroatoms. The zero-order valence-electron chi connectivity index (χ0n) is 9.11. The summed E-state index contributed by atoms with van der Waals surface area (Å²) in [7, 11) is 0. The van der Waals surface area contributed by atoms with Gasteiger partial charge in [-0.3, -0.25) is 5.43 Å². The second-order valence-electron chi connectivity index (χ2n) is 3.03. The van der Waals surface area contributed by atoms with E-state index in [9.17, 15) is 0 Å². The van der Waals surface area contributed by atoms with Crippen molar-refractivity contribution in [1.29, 1.82) is 0 Å². The summed E-state index contributed by atoms with van der Waals surface area (Å²) < 4.78 is 7.54. The maximum atomic E-state index is 5.50. The summed E-state index contributed by atoms with van der Waals surface area (Å²) in [5.74, 6) is 3.13. The molecule has 0 saturated carbocycles. The molecule has 1 rings (SSSR count). The van der Waals surface area contributed by atoms with Crippen LogP contribution in [0.3, 0.4) is 0 Å². The summed E-state index contributed by atoms with van der Waals surface area (Å²) in [5, 5.41) is 4.02. The lowest BCUT2D eigenvalue weighted by Gasteiger charge is -2.09. The van der Waals surface area contributed by atoms with Crippen LogP contribution in [0, 0.1) is 19.5 Å². The highest BCUT2D eigenvalue weighted by Gasteiger charge is 2.08. The van der Waals surface area contributed by atoms with Crippen molar-refractivity contribution in [1.82, 2.24) is 5.43 Å². The smallest absolute Gasteiger partial charge is 0.184 e. The molecule has 0 spiro atoms. The van der Waals surface area contributed by atoms with E-state index in [-0.39, 0.29) is 11.7 Å². The lowest BCUT2D eigenvalue weighted by molar-refractivity contribution is 0.367. The number of halogens is 2. The van der Waals surface area contributed by atoms with Gasteiger partial charge in [-0.2, -0.15) is 5.10 Å². The van der Waals surface area contributed by atoms with Crippen molar-refractivity contribution in [2.75, 3.05) is 6.61 Å². The number of ether oxygens (including phenoxy) is 1. The first-order valence-electron chi connectivity index (χ1n) is 4.68. The maximum Gasteiger partial charge on any atom is 0.184 e. The van der Waals surface area contributed by atoms with Crippen LogP contribution in [0.25, 0.3) is 0 Å². The highest BCUT2D eigenvalue weighted by Crippen LogP contribution is 2.27. The zero-order valence-corrected chi connectivity index (χ0v) is 14.2. The van der Waals surface area contributed by atoms with E-state index in [4.69, 9.17) is 16.9 Å². The number of hydrogen-bond acceptors (Lipinski definition) is 3. The molecule has 18 heavy (non-hydrogen) atoms. The molecule has 0 atom stereocenters. The predicted molar refractivity (Wildman–Crippen MR) is 93.7 cm³/mol. The molecule has 94 valence electrons. The number of benzene rings is 1. The number of rotatable bonds is 4. The minimum absolute atomic E-state index is 0.109. The fourth-order valence-electron chi connectivity index (χ4n) is 1.11. The summed E-state index contributed by atoms with van der Waals surface area (Å²) in [6.07, 6.45) is 6.78. The van der Waals surface area contributed by atoms with Gasteiger partial charge in [0.1, 0.15) is 12.4 Å². The van der Waals surface area contributed by atoms with E-state index in [1.165, 1.54) is 0 Å². The molecule has 0 aliphatic carbocycles. The standard InChI is InChI=1S/C11H9I2N3OS/c1-2-3-17-10-7(6-15-16-11(14)18)4-8(12)5-9(10)13/h1,4-6H,3H2,(H3,14,16,18)/b15-6-. The second-order valence-corrected chi connectivity index (χ2v) is 5.88. The van der Waals surface area contributed by atoms with Crippen LogP contribution in [-0.2, 0) is 0 Å². The van der Waals surface area contributed by atoms with Crippen LogP contribution in [0.15, 0.2) is 17.2 Å². The van der Waals surface area contributed by atoms with E-state index >= 15 is 0 Å². The third-order valence-electron chi connectivity index (χ3n) is 1.72. The molecule has 0 unspecified atom stereocenters. The maximum absolute atomic E-state index is 5.50. The Labute approximate surface area is 138 Å². The third-order valence-corrected chi connectivity index (χ3v) is 3.23. The molecule has 0 aliphatic rings. The number of nitrogens with two attached hydrogens (primary N) is 1. The molecule has 4 nitrogen and oxygen atoms in total. The van der Waals surface area contributed by atoms with Crippen molar-refractivity contribution in [3.63, 3.8) is 0 Å².